The van der Waals surface area contributed by atoms with Gasteiger partial charge < -0.3 is 14.8 Å². The first-order valence-corrected chi connectivity index (χ1v) is 7.77. The largest absolute Gasteiger partial charge is 0.375 e. The Morgan fingerprint density at radius 3 is 2.50 bits per heavy atom. The Morgan fingerprint density at radius 2 is 1.83 bits per heavy atom. The Kier molecular flexibility index (Phi) is 4.20. The van der Waals surface area contributed by atoms with Gasteiger partial charge in [-0.25, -0.2) is 4.98 Å². The molecule has 1 aliphatic rings. The summed E-state index contributed by atoms with van der Waals surface area (Å²) in [7, 11) is 0. The second-order valence-corrected chi connectivity index (χ2v) is 5.85. The zero-order chi connectivity index (χ0) is 17.3. The van der Waals surface area contributed by atoms with Crippen LogP contribution in [0.4, 0.5) is 17.2 Å². The van der Waals surface area contributed by atoms with Crippen molar-refractivity contribution in [2.75, 3.05) is 36.0 Å². The molecule has 8 heteroatoms. The number of hydrogen-bond donors (Lipinski definition) is 1. The van der Waals surface area contributed by atoms with Crippen LogP contribution in [-0.2, 0) is 0 Å². The lowest BCUT2D eigenvalue weighted by Gasteiger charge is -2.37. The summed E-state index contributed by atoms with van der Waals surface area (Å²) in [4.78, 5) is 32.6. The van der Waals surface area contributed by atoms with Gasteiger partial charge in [0.15, 0.2) is 0 Å². The predicted molar refractivity (Wildman–Crippen MR) is 91.9 cm³/mol. The minimum absolute atomic E-state index is 0.143. The van der Waals surface area contributed by atoms with Crippen molar-refractivity contribution in [2.45, 2.75) is 13.8 Å². The van der Waals surface area contributed by atoms with Gasteiger partial charge in [0.25, 0.3) is 0 Å². The van der Waals surface area contributed by atoms with Gasteiger partial charge in [0.05, 0.1) is 11.3 Å². The van der Waals surface area contributed by atoms with Crippen LogP contribution in [0.1, 0.15) is 11.1 Å². The van der Waals surface area contributed by atoms with Crippen LogP contribution in [0, 0.1) is 24.0 Å². The van der Waals surface area contributed by atoms with E-state index in [4.69, 9.17) is 0 Å². The van der Waals surface area contributed by atoms with E-state index in [1.165, 1.54) is 23.1 Å². The van der Waals surface area contributed by atoms with Crippen LogP contribution in [-0.4, -0.2) is 41.1 Å². The topological polar surface area (TPSA) is 95.4 Å². The summed E-state index contributed by atoms with van der Waals surface area (Å²) in [6, 6.07) is 6.21. The number of anilines is 2. The molecule has 0 aliphatic carbocycles. The summed E-state index contributed by atoms with van der Waals surface area (Å²) < 4.78 is 0. The third-order valence-electron chi connectivity index (χ3n) is 4.49. The summed E-state index contributed by atoms with van der Waals surface area (Å²) in [5, 5.41) is 11.2. The molecule has 1 aliphatic heterocycles. The molecular weight excluding hydrogens is 310 g/mol. The number of nitro groups is 1. The van der Waals surface area contributed by atoms with E-state index in [0.717, 1.165) is 13.1 Å². The standard InChI is InChI=1S/C16H19N5O3/c1-11-4-3-5-13(12(11)2)19-6-8-20(9-7-19)15-14(21(23)24)16(22)18-10-17-15/h3-5,10H,6-9H2,1-2H3,(H,17,18,22). The maximum atomic E-state index is 11.7. The van der Waals surface area contributed by atoms with Crippen LogP contribution in [0.25, 0.3) is 0 Å². The van der Waals surface area contributed by atoms with Crippen molar-refractivity contribution < 1.29 is 4.92 Å². The lowest BCUT2D eigenvalue weighted by atomic mass is 10.1. The van der Waals surface area contributed by atoms with Crippen molar-refractivity contribution >= 4 is 17.2 Å². The molecule has 1 fully saturated rings. The summed E-state index contributed by atoms with van der Waals surface area (Å²) in [6.07, 6.45) is 1.21. The van der Waals surface area contributed by atoms with Gasteiger partial charge >= 0.3 is 11.2 Å². The highest BCUT2D eigenvalue weighted by Gasteiger charge is 2.28. The highest BCUT2D eigenvalue weighted by Crippen LogP contribution is 2.26. The van der Waals surface area contributed by atoms with Gasteiger partial charge in [0, 0.05) is 31.9 Å². The molecule has 1 N–H and O–H groups in total. The molecule has 3 rings (SSSR count). The van der Waals surface area contributed by atoms with E-state index in [-0.39, 0.29) is 5.82 Å². The molecule has 0 radical (unpaired) electrons. The fourth-order valence-corrected chi connectivity index (χ4v) is 3.02. The Labute approximate surface area is 138 Å². The summed E-state index contributed by atoms with van der Waals surface area (Å²) in [5.74, 6) is 0.143. The second-order valence-electron chi connectivity index (χ2n) is 5.85. The van der Waals surface area contributed by atoms with Crippen molar-refractivity contribution in [3.05, 3.63) is 56.1 Å². The fraction of sp³-hybridized carbons (Fsp3) is 0.375. The molecule has 2 aromatic rings. The molecular formula is C16H19N5O3. The molecule has 0 atom stereocenters. The van der Waals surface area contributed by atoms with Gasteiger partial charge in [-0.1, -0.05) is 12.1 Å². The van der Waals surface area contributed by atoms with Gasteiger partial charge in [0.2, 0.25) is 5.82 Å². The SMILES string of the molecule is Cc1cccc(N2CCN(c3nc[nH]c(=O)c3[N+](=O)[O-])CC2)c1C. The quantitative estimate of drug-likeness (QED) is 0.679. The number of aryl methyl sites for hydroxylation is 1. The molecule has 1 aromatic heterocycles. The Bertz CT molecular complexity index is 825. The Balaban J connectivity index is 1.81. The monoisotopic (exact) mass is 329 g/mol. The minimum Gasteiger partial charge on any atom is -0.368 e. The molecule has 1 saturated heterocycles. The number of aromatic amines is 1. The molecule has 1 aromatic carbocycles. The maximum absolute atomic E-state index is 11.7. The summed E-state index contributed by atoms with van der Waals surface area (Å²) in [5.41, 5.74) is 2.45. The predicted octanol–water partition coefficient (Wildman–Crippen LogP) is 1.62. The lowest BCUT2D eigenvalue weighted by molar-refractivity contribution is -0.385. The zero-order valence-electron chi connectivity index (χ0n) is 13.7. The minimum atomic E-state index is -0.720. The maximum Gasteiger partial charge on any atom is 0.375 e. The van der Waals surface area contributed by atoms with Crippen LogP contribution < -0.4 is 15.4 Å². The molecule has 2 heterocycles. The van der Waals surface area contributed by atoms with Crippen molar-refractivity contribution in [2.24, 2.45) is 0 Å². The van der Waals surface area contributed by atoms with Crippen molar-refractivity contribution in [1.29, 1.82) is 0 Å². The van der Waals surface area contributed by atoms with Gasteiger partial charge in [0.1, 0.15) is 0 Å². The lowest BCUT2D eigenvalue weighted by Crippen LogP contribution is -2.47. The van der Waals surface area contributed by atoms with E-state index in [9.17, 15) is 14.9 Å². The van der Waals surface area contributed by atoms with E-state index >= 15 is 0 Å². The van der Waals surface area contributed by atoms with Crippen LogP contribution in [0.2, 0.25) is 0 Å². The molecule has 8 nitrogen and oxygen atoms in total. The molecule has 0 amide bonds. The smallest absolute Gasteiger partial charge is 0.368 e. The van der Waals surface area contributed by atoms with Crippen molar-refractivity contribution in [3.63, 3.8) is 0 Å². The highest BCUT2D eigenvalue weighted by atomic mass is 16.6. The normalized spacial score (nSPS) is 14.8. The van der Waals surface area contributed by atoms with E-state index in [2.05, 4.69) is 40.8 Å². The van der Waals surface area contributed by atoms with Crippen molar-refractivity contribution in [3.8, 4) is 0 Å². The van der Waals surface area contributed by atoms with Gasteiger partial charge in [-0.15, -0.1) is 0 Å². The van der Waals surface area contributed by atoms with Crippen molar-refractivity contribution in [1.82, 2.24) is 9.97 Å². The number of H-pyrrole nitrogens is 1. The first kappa shape index (κ1) is 16.0. The van der Waals surface area contributed by atoms with Crippen LogP contribution in [0.5, 0.6) is 0 Å². The molecule has 0 spiro atoms. The van der Waals surface area contributed by atoms with Gasteiger partial charge in [-0.2, -0.15) is 0 Å². The summed E-state index contributed by atoms with van der Waals surface area (Å²) >= 11 is 0. The average Bonchev–Trinajstić information content (AvgIpc) is 2.57. The number of nitrogens with zero attached hydrogens (tertiary/aromatic N) is 4. The number of hydrogen-bond acceptors (Lipinski definition) is 6. The molecule has 126 valence electrons. The molecule has 0 unspecified atom stereocenters. The number of rotatable bonds is 3. The van der Waals surface area contributed by atoms with Crippen LogP contribution >= 0.6 is 0 Å². The van der Waals surface area contributed by atoms with E-state index in [1.54, 1.807) is 4.90 Å². The zero-order valence-corrected chi connectivity index (χ0v) is 13.7. The number of nitrogens with one attached hydrogen (secondary N) is 1. The van der Waals surface area contributed by atoms with E-state index in [1.807, 2.05) is 6.07 Å². The molecule has 0 bridgehead atoms. The van der Waals surface area contributed by atoms with E-state index in [0.29, 0.717) is 13.1 Å². The highest BCUT2D eigenvalue weighted by molar-refractivity contribution is 5.60. The molecule has 0 saturated carbocycles. The average molecular weight is 329 g/mol. The van der Waals surface area contributed by atoms with Crippen LogP contribution in [0.15, 0.2) is 29.3 Å². The Hall–Kier alpha value is -2.90. The third kappa shape index (κ3) is 2.82. The second kappa shape index (κ2) is 6.31. The number of aromatic nitrogens is 2. The molecule has 24 heavy (non-hydrogen) atoms. The first-order valence-electron chi connectivity index (χ1n) is 7.77. The third-order valence-corrected chi connectivity index (χ3v) is 4.49. The number of benzene rings is 1. The fourth-order valence-electron chi connectivity index (χ4n) is 3.02. The van der Waals surface area contributed by atoms with Gasteiger partial charge in [-0.05, 0) is 31.0 Å². The Morgan fingerprint density at radius 1 is 1.17 bits per heavy atom. The number of piperazine rings is 1. The summed E-state index contributed by atoms with van der Waals surface area (Å²) in [6.45, 7) is 6.76. The van der Waals surface area contributed by atoms with Gasteiger partial charge in [-0.3, -0.25) is 14.9 Å². The van der Waals surface area contributed by atoms with Crippen LogP contribution in [0.3, 0.4) is 0 Å². The van der Waals surface area contributed by atoms with E-state index < -0.39 is 16.2 Å². The first-order chi connectivity index (χ1) is 11.5.